The van der Waals surface area contributed by atoms with E-state index in [4.69, 9.17) is 4.42 Å². The summed E-state index contributed by atoms with van der Waals surface area (Å²) in [7, 11) is 3.26. The van der Waals surface area contributed by atoms with Gasteiger partial charge in [0, 0.05) is 20.2 Å². The molecule has 0 atom stereocenters. The number of nitro groups is 1. The molecule has 7 nitrogen and oxygen atoms in total. The predicted molar refractivity (Wildman–Crippen MR) is 82.0 cm³/mol. The number of carbonyl (C=O) groups excluding carboxylic acids is 1. The molecule has 1 heterocycles. The maximum absolute atomic E-state index is 11.5. The van der Waals surface area contributed by atoms with Crippen LogP contribution in [0.1, 0.15) is 21.9 Å². The Balaban J connectivity index is 2.22. The zero-order chi connectivity index (χ0) is 16.3. The number of benzene rings is 1. The van der Waals surface area contributed by atoms with Gasteiger partial charge in [0.1, 0.15) is 11.4 Å². The van der Waals surface area contributed by atoms with E-state index in [9.17, 15) is 14.9 Å². The molecule has 0 aliphatic carbocycles. The van der Waals surface area contributed by atoms with Crippen molar-refractivity contribution in [1.82, 2.24) is 5.32 Å². The molecular formula is C15H17N3O4. The van der Waals surface area contributed by atoms with Gasteiger partial charge in [-0.25, -0.2) is 0 Å². The molecule has 116 valence electrons. The Morgan fingerprint density at radius 1 is 1.36 bits per heavy atom. The summed E-state index contributed by atoms with van der Waals surface area (Å²) in [5.74, 6) is 0.454. The number of rotatable bonds is 5. The number of nitrogens with one attached hydrogen (secondary N) is 1. The van der Waals surface area contributed by atoms with Gasteiger partial charge in [0.05, 0.1) is 11.5 Å². The Labute approximate surface area is 127 Å². The number of hydrogen-bond acceptors (Lipinski definition) is 5. The lowest BCUT2D eigenvalue weighted by Crippen LogP contribution is -2.18. The summed E-state index contributed by atoms with van der Waals surface area (Å²) in [6.07, 6.45) is 0. The first kappa shape index (κ1) is 15.6. The second-order valence-corrected chi connectivity index (χ2v) is 4.95. The Hall–Kier alpha value is -2.83. The van der Waals surface area contributed by atoms with Crippen LogP contribution in [-0.4, -0.2) is 24.9 Å². The average Bonchev–Trinajstić information content (AvgIpc) is 2.94. The van der Waals surface area contributed by atoms with Crippen LogP contribution in [0, 0.1) is 17.0 Å². The second kappa shape index (κ2) is 6.30. The molecule has 0 fully saturated rings. The minimum atomic E-state index is -0.406. The van der Waals surface area contributed by atoms with Crippen molar-refractivity contribution in [3.63, 3.8) is 0 Å². The summed E-state index contributed by atoms with van der Waals surface area (Å²) in [6.45, 7) is 2.12. The number of nitro benzene ring substituents is 1. The van der Waals surface area contributed by atoms with E-state index >= 15 is 0 Å². The second-order valence-electron chi connectivity index (χ2n) is 4.95. The third-order valence-corrected chi connectivity index (χ3v) is 3.24. The van der Waals surface area contributed by atoms with Crippen molar-refractivity contribution in [3.05, 3.63) is 57.5 Å². The summed E-state index contributed by atoms with van der Waals surface area (Å²) in [6, 6.07) is 8.31. The number of anilines is 1. The number of nitrogens with zero attached hydrogens (tertiary/aromatic N) is 2. The summed E-state index contributed by atoms with van der Waals surface area (Å²) in [5, 5.41) is 13.6. The Morgan fingerprint density at radius 2 is 2.09 bits per heavy atom. The number of aryl methyl sites for hydroxylation is 1. The maximum Gasteiger partial charge on any atom is 0.292 e. The zero-order valence-electron chi connectivity index (χ0n) is 12.6. The van der Waals surface area contributed by atoms with E-state index in [0.29, 0.717) is 18.0 Å². The highest BCUT2D eigenvalue weighted by Crippen LogP contribution is 2.29. The SMILES string of the molecule is CNC(=O)c1ccc(CN(C)c2ccc(C)cc2[N+](=O)[O-])o1. The molecule has 2 rings (SSSR count). The molecule has 0 spiro atoms. The van der Waals surface area contributed by atoms with E-state index < -0.39 is 4.92 Å². The molecule has 1 aromatic carbocycles. The third-order valence-electron chi connectivity index (χ3n) is 3.24. The molecule has 0 aliphatic rings. The highest BCUT2D eigenvalue weighted by Gasteiger charge is 2.18. The Kier molecular flexibility index (Phi) is 4.45. The van der Waals surface area contributed by atoms with Gasteiger partial charge in [-0.2, -0.15) is 0 Å². The first-order valence-electron chi connectivity index (χ1n) is 6.69. The number of hydrogen-bond donors (Lipinski definition) is 1. The van der Waals surface area contributed by atoms with Gasteiger partial charge in [0.25, 0.3) is 11.6 Å². The van der Waals surface area contributed by atoms with E-state index in [1.54, 1.807) is 37.1 Å². The van der Waals surface area contributed by atoms with Crippen LogP contribution in [0.2, 0.25) is 0 Å². The van der Waals surface area contributed by atoms with Crippen LogP contribution in [0.3, 0.4) is 0 Å². The fourth-order valence-electron chi connectivity index (χ4n) is 2.13. The highest BCUT2D eigenvalue weighted by atomic mass is 16.6. The molecule has 7 heteroatoms. The van der Waals surface area contributed by atoms with Crippen molar-refractivity contribution >= 4 is 17.3 Å². The molecule has 1 aromatic heterocycles. The van der Waals surface area contributed by atoms with Crippen LogP contribution in [0.25, 0.3) is 0 Å². The minimum Gasteiger partial charge on any atom is -0.454 e. The number of furan rings is 1. The molecule has 22 heavy (non-hydrogen) atoms. The molecule has 0 aliphatic heterocycles. The van der Waals surface area contributed by atoms with Gasteiger partial charge < -0.3 is 14.6 Å². The first-order valence-corrected chi connectivity index (χ1v) is 6.69. The van der Waals surface area contributed by atoms with Crippen LogP contribution in [0.5, 0.6) is 0 Å². The van der Waals surface area contributed by atoms with E-state index in [2.05, 4.69) is 5.32 Å². The lowest BCUT2D eigenvalue weighted by Gasteiger charge is -2.18. The van der Waals surface area contributed by atoms with Crippen LogP contribution in [-0.2, 0) is 6.54 Å². The highest BCUT2D eigenvalue weighted by molar-refractivity contribution is 5.91. The zero-order valence-corrected chi connectivity index (χ0v) is 12.6. The first-order chi connectivity index (χ1) is 10.4. The van der Waals surface area contributed by atoms with Crippen molar-refractivity contribution in [3.8, 4) is 0 Å². The van der Waals surface area contributed by atoms with Crippen molar-refractivity contribution in [2.24, 2.45) is 0 Å². The minimum absolute atomic E-state index is 0.0422. The summed E-state index contributed by atoms with van der Waals surface area (Å²) in [5.41, 5.74) is 1.36. The number of amides is 1. The lowest BCUT2D eigenvalue weighted by atomic mass is 10.2. The van der Waals surface area contributed by atoms with Crippen LogP contribution in [0.4, 0.5) is 11.4 Å². The average molecular weight is 303 g/mol. The molecule has 0 unspecified atom stereocenters. The Morgan fingerprint density at radius 3 is 2.73 bits per heavy atom. The fourth-order valence-corrected chi connectivity index (χ4v) is 2.13. The van der Waals surface area contributed by atoms with E-state index in [-0.39, 0.29) is 17.4 Å². The molecular weight excluding hydrogens is 286 g/mol. The topological polar surface area (TPSA) is 88.6 Å². The van der Waals surface area contributed by atoms with E-state index in [0.717, 1.165) is 5.56 Å². The predicted octanol–water partition coefficient (Wildman–Crippen LogP) is 2.49. The van der Waals surface area contributed by atoms with Gasteiger partial charge in [0.15, 0.2) is 5.76 Å². The van der Waals surface area contributed by atoms with Crippen LogP contribution < -0.4 is 10.2 Å². The van der Waals surface area contributed by atoms with Gasteiger partial charge in [-0.1, -0.05) is 6.07 Å². The van der Waals surface area contributed by atoms with Gasteiger partial charge >= 0.3 is 0 Å². The third kappa shape index (κ3) is 3.25. The Bertz CT molecular complexity index is 709. The smallest absolute Gasteiger partial charge is 0.292 e. The number of carbonyl (C=O) groups is 1. The molecule has 1 N–H and O–H groups in total. The van der Waals surface area contributed by atoms with Gasteiger partial charge in [-0.15, -0.1) is 0 Å². The van der Waals surface area contributed by atoms with Gasteiger partial charge in [0.2, 0.25) is 0 Å². The lowest BCUT2D eigenvalue weighted by molar-refractivity contribution is -0.384. The normalized spacial score (nSPS) is 10.3. The molecule has 0 saturated heterocycles. The van der Waals surface area contributed by atoms with Crippen LogP contribution >= 0.6 is 0 Å². The summed E-state index contributed by atoms with van der Waals surface area (Å²) >= 11 is 0. The van der Waals surface area contributed by atoms with Crippen LogP contribution in [0.15, 0.2) is 34.7 Å². The quantitative estimate of drug-likeness (QED) is 0.677. The van der Waals surface area contributed by atoms with E-state index in [1.807, 2.05) is 6.07 Å². The summed E-state index contributed by atoms with van der Waals surface area (Å²) < 4.78 is 5.43. The molecule has 0 radical (unpaired) electrons. The molecule has 1 amide bonds. The summed E-state index contributed by atoms with van der Waals surface area (Å²) in [4.78, 5) is 23.9. The van der Waals surface area contributed by atoms with Gasteiger partial charge in [-0.3, -0.25) is 14.9 Å². The standard InChI is InChI=1S/C15H17N3O4/c1-10-4-6-12(13(8-10)18(20)21)17(3)9-11-5-7-14(22-11)15(19)16-2/h4-8H,9H2,1-3H3,(H,16,19). The molecule has 0 saturated carbocycles. The maximum atomic E-state index is 11.5. The van der Waals surface area contributed by atoms with Gasteiger partial charge in [-0.05, 0) is 30.7 Å². The van der Waals surface area contributed by atoms with Crippen molar-refractivity contribution in [2.45, 2.75) is 13.5 Å². The largest absolute Gasteiger partial charge is 0.454 e. The van der Waals surface area contributed by atoms with Crippen molar-refractivity contribution < 1.29 is 14.1 Å². The molecule has 2 aromatic rings. The van der Waals surface area contributed by atoms with E-state index in [1.165, 1.54) is 13.1 Å². The fraction of sp³-hybridized carbons (Fsp3) is 0.267. The van der Waals surface area contributed by atoms with Crippen molar-refractivity contribution in [1.29, 1.82) is 0 Å². The monoisotopic (exact) mass is 303 g/mol. The van der Waals surface area contributed by atoms with Crippen molar-refractivity contribution in [2.75, 3.05) is 19.0 Å². The molecule has 0 bridgehead atoms.